The highest BCUT2D eigenvalue weighted by molar-refractivity contribution is 5.87. The summed E-state index contributed by atoms with van der Waals surface area (Å²) in [5, 5.41) is 17.4. The number of hydrogen-bond acceptors (Lipinski definition) is 2. The van der Waals surface area contributed by atoms with E-state index in [4.69, 9.17) is 10.2 Å². The van der Waals surface area contributed by atoms with Gasteiger partial charge in [0.15, 0.2) is 0 Å². The van der Waals surface area contributed by atoms with Gasteiger partial charge in [0.2, 0.25) is 0 Å². The number of rotatable bonds is 2. The first-order valence-electron chi connectivity index (χ1n) is 5.34. The van der Waals surface area contributed by atoms with Crippen molar-refractivity contribution in [3.63, 3.8) is 0 Å². The maximum atomic E-state index is 10.2. The molecule has 0 aliphatic carbocycles. The molecule has 0 bridgehead atoms. The Morgan fingerprint density at radius 2 is 1.56 bits per heavy atom. The number of hydrogen-bond donors (Lipinski definition) is 2. The van der Waals surface area contributed by atoms with Gasteiger partial charge in [0.1, 0.15) is 5.75 Å². The highest BCUT2D eigenvalue weighted by atomic mass is 16.4. The van der Waals surface area contributed by atoms with Crippen molar-refractivity contribution < 1.29 is 15.0 Å². The molecule has 0 fully saturated rings. The van der Waals surface area contributed by atoms with Crippen LogP contribution in [-0.4, -0.2) is 16.2 Å². The number of phenols is 1. The van der Waals surface area contributed by atoms with Crippen LogP contribution in [0.5, 0.6) is 5.75 Å². The first-order chi connectivity index (χ1) is 8.65. The van der Waals surface area contributed by atoms with Crippen molar-refractivity contribution in [2.45, 2.75) is 0 Å². The average molecular weight is 242 g/mol. The summed E-state index contributed by atoms with van der Waals surface area (Å²) in [6.07, 6.45) is 1.62. The molecule has 3 heteroatoms. The summed E-state index contributed by atoms with van der Waals surface area (Å²) >= 11 is 0. The van der Waals surface area contributed by atoms with Crippen molar-refractivity contribution in [1.29, 1.82) is 0 Å². The molecule has 0 aromatic heterocycles. The van der Waals surface area contributed by atoms with Crippen LogP contribution in [0.25, 0.3) is 6.08 Å². The zero-order valence-electron chi connectivity index (χ0n) is 9.78. The minimum absolute atomic E-state index is 0.285. The Morgan fingerprint density at radius 3 is 1.94 bits per heavy atom. The molecule has 0 amide bonds. The molecule has 2 aromatic carbocycles. The van der Waals surface area contributed by atoms with E-state index < -0.39 is 5.97 Å². The molecule has 2 rings (SSSR count). The van der Waals surface area contributed by atoms with Crippen molar-refractivity contribution in [3.8, 4) is 5.75 Å². The molecule has 18 heavy (non-hydrogen) atoms. The fraction of sp³-hybridized carbons (Fsp3) is 0. The van der Waals surface area contributed by atoms with Crippen LogP contribution >= 0.6 is 0 Å². The van der Waals surface area contributed by atoms with Gasteiger partial charge in [-0.15, -0.1) is 0 Å². The van der Waals surface area contributed by atoms with Gasteiger partial charge in [-0.2, -0.15) is 0 Å². The summed E-state index contributed by atoms with van der Waals surface area (Å²) < 4.78 is 0. The minimum Gasteiger partial charge on any atom is -0.507 e. The Morgan fingerprint density at radius 1 is 1.00 bits per heavy atom. The highest BCUT2D eigenvalue weighted by Crippen LogP contribution is 2.15. The first kappa shape index (κ1) is 13.5. The van der Waals surface area contributed by atoms with Gasteiger partial charge < -0.3 is 10.2 Å². The predicted molar refractivity (Wildman–Crippen MR) is 71.6 cm³/mol. The number of carbonyl (C=O) groups is 1. The lowest BCUT2D eigenvalue weighted by molar-refractivity contribution is 0.0697. The third-order valence-electron chi connectivity index (χ3n) is 2.18. The zero-order chi connectivity index (χ0) is 13.4. The smallest absolute Gasteiger partial charge is 0.335 e. The van der Waals surface area contributed by atoms with Gasteiger partial charge >= 0.3 is 5.97 Å². The van der Waals surface area contributed by atoms with Crippen molar-refractivity contribution in [3.05, 3.63) is 72.3 Å². The molecule has 0 heterocycles. The fourth-order valence-electron chi connectivity index (χ4n) is 1.24. The number of para-hydroxylation sites is 1. The highest BCUT2D eigenvalue weighted by Gasteiger charge is 1.96. The maximum absolute atomic E-state index is 10.2. The lowest BCUT2D eigenvalue weighted by Crippen LogP contribution is -1.93. The Hall–Kier alpha value is -2.55. The van der Waals surface area contributed by atoms with Gasteiger partial charge in [0, 0.05) is 5.56 Å². The molecule has 0 saturated heterocycles. The molecule has 0 aliphatic rings. The molecule has 92 valence electrons. The number of phenolic OH excluding ortho intramolecular Hbond substituents is 1. The van der Waals surface area contributed by atoms with Gasteiger partial charge in [-0.05, 0) is 18.2 Å². The van der Waals surface area contributed by atoms with E-state index in [0.717, 1.165) is 5.56 Å². The summed E-state index contributed by atoms with van der Waals surface area (Å²) in [6, 6.07) is 15.4. The number of carboxylic acid groups (broad SMARTS) is 1. The average Bonchev–Trinajstić information content (AvgIpc) is 2.41. The van der Waals surface area contributed by atoms with E-state index >= 15 is 0 Å². The lowest BCUT2D eigenvalue weighted by Gasteiger charge is -1.93. The summed E-state index contributed by atoms with van der Waals surface area (Å²) in [6.45, 7) is 3.53. The van der Waals surface area contributed by atoms with Crippen molar-refractivity contribution in [2.24, 2.45) is 0 Å². The SMILES string of the molecule is C=Cc1ccccc1O.O=C(O)c1ccccc1. The second kappa shape index (κ2) is 6.91. The third-order valence-corrected chi connectivity index (χ3v) is 2.18. The van der Waals surface area contributed by atoms with Gasteiger partial charge in [-0.1, -0.05) is 49.1 Å². The quantitative estimate of drug-likeness (QED) is 0.848. The van der Waals surface area contributed by atoms with Gasteiger partial charge in [0.05, 0.1) is 5.56 Å². The normalized spacial score (nSPS) is 8.89. The second-order valence-corrected chi connectivity index (χ2v) is 3.43. The third kappa shape index (κ3) is 4.14. The Bertz CT molecular complexity index is 518. The van der Waals surface area contributed by atoms with Gasteiger partial charge in [-0.25, -0.2) is 4.79 Å². The van der Waals surface area contributed by atoms with E-state index in [1.54, 1.807) is 48.5 Å². The Balaban J connectivity index is 0.000000180. The molecule has 3 nitrogen and oxygen atoms in total. The van der Waals surface area contributed by atoms with E-state index in [1.807, 2.05) is 12.1 Å². The molecular formula is C15H14O3. The first-order valence-corrected chi connectivity index (χ1v) is 5.34. The van der Waals surface area contributed by atoms with Gasteiger partial charge in [-0.3, -0.25) is 0 Å². The molecule has 0 spiro atoms. The van der Waals surface area contributed by atoms with Crippen LogP contribution in [0, 0.1) is 0 Å². The minimum atomic E-state index is -0.879. The number of aromatic carboxylic acids is 1. The van der Waals surface area contributed by atoms with E-state index in [1.165, 1.54) is 0 Å². The zero-order valence-corrected chi connectivity index (χ0v) is 9.78. The molecule has 2 N–H and O–H groups in total. The Kier molecular flexibility index (Phi) is 5.19. The van der Waals surface area contributed by atoms with E-state index in [9.17, 15) is 4.79 Å². The summed E-state index contributed by atoms with van der Waals surface area (Å²) in [4.78, 5) is 10.2. The number of benzene rings is 2. The topological polar surface area (TPSA) is 57.5 Å². The number of carboxylic acids is 1. The summed E-state index contributed by atoms with van der Waals surface area (Å²) in [5.41, 5.74) is 1.11. The van der Waals surface area contributed by atoms with Crippen LogP contribution in [0.3, 0.4) is 0 Å². The van der Waals surface area contributed by atoms with Crippen molar-refractivity contribution >= 4 is 12.0 Å². The molecule has 0 aliphatic heterocycles. The number of aromatic hydroxyl groups is 1. The van der Waals surface area contributed by atoms with E-state index in [0.29, 0.717) is 5.56 Å². The molecule has 0 radical (unpaired) electrons. The van der Waals surface area contributed by atoms with Crippen molar-refractivity contribution in [1.82, 2.24) is 0 Å². The monoisotopic (exact) mass is 242 g/mol. The molecule has 0 unspecified atom stereocenters. The fourth-order valence-corrected chi connectivity index (χ4v) is 1.24. The van der Waals surface area contributed by atoms with Crippen LogP contribution in [0.2, 0.25) is 0 Å². The van der Waals surface area contributed by atoms with Crippen LogP contribution in [0.15, 0.2) is 61.2 Å². The molecule has 2 aromatic rings. The van der Waals surface area contributed by atoms with E-state index in [2.05, 4.69) is 6.58 Å². The largest absolute Gasteiger partial charge is 0.507 e. The molecule has 0 saturated carbocycles. The van der Waals surface area contributed by atoms with E-state index in [-0.39, 0.29) is 5.75 Å². The summed E-state index contributed by atoms with van der Waals surface area (Å²) in [7, 11) is 0. The van der Waals surface area contributed by atoms with Crippen molar-refractivity contribution in [2.75, 3.05) is 0 Å². The molecule has 0 atom stereocenters. The maximum Gasteiger partial charge on any atom is 0.335 e. The van der Waals surface area contributed by atoms with Crippen LogP contribution < -0.4 is 0 Å². The van der Waals surface area contributed by atoms with Crippen LogP contribution in [0.4, 0.5) is 0 Å². The molecular weight excluding hydrogens is 228 g/mol. The van der Waals surface area contributed by atoms with Crippen LogP contribution in [-0.2, 0) is 0 Å². The Labute approximate surface area is 106 Å². The predicted octanol–water partition coefficient (Wildman–Crippen LogP) is 3.42. The second-order valence-electron chi connectivity index (χ2n) is 3.43. The lowest BCUT2D eigenvalue weighted by atomic mass is 10.2. The van der Waals surface area contributed by atoms with Gasteiger partial charge in [0.25, 0.3) is 0 Å². The standard InChI is InChI=1S/C8H8O.C7H6O2/c1-2-7-5-3-4-6-8(7)9;8-7(9)6-4-2-1-3-5-6/h2-6,9H,1H2;1-5H,(H,8,9). The van der Waals surface area contributed by atoms with Crippen LogP contribution in [0.1, 0.15) is 15.9 Å². The summed E-state index contributed by atoms with van der Waals surface area (Å²) in [5.74, 6) is -0.594.